The second-order valence-corrected chi connectivity index (χ2v) is 11.4. The maximum absolute atomic E-state index is 14.0. The Morgan fingerprint density at radius 3 is 2.64 bits per heavy atom. The lowest BCUT2D eigenvalue weighted by molar-refractivity contribution is -0.135. The number of ketones is 1. The van der Waals surface area contributed by atoms with Gasteiger partial charge in [0, 0.05) is 17.6 Å². The quantitative estimate of drug-likeness (QED) is 0.428. The van der Waals surface area contributed by atoms with Crippen LogP contribution in [0.1, 0.15) is 43.7 Å². The van der Waals surface area contributed by atoms with E-state index in [2.05, 4.69) is 15.6 Å². The fourth-order valence-electron chi connectivity index (χ4n) is 4.42. The first-order valence-corrected chi connectivity index (χ1v) is 13.8. The molecule has 0 bridgehead atoms. The van der Waals surface area contributed by atoms with Crippen LogP contribution in [0.25, 0.3) is 11.0 Å². The van der Waals surface area contributed by atoms with Crippen LogP contribution >= 0.6 is 0 Å². The summed E-state index contributed by atoms with van der Waals surface area (Å²) in [6.07, 6.45) is 1.81. The van der Waals surface area contributed by atoms with E-state index in [4.69, 9.17) is 4.42 Å². The van der Waals surface area contributed by atoms with Crippen molar-refractivity contribution in [2.45, 2.75) is 50.2 Å². The molecule has 0 spiro atoms. The molecule has 1 unspecified atom stereocenters. The molecule has 2 aromatic heterocycles. The Morgan fingerprint density at radius 1 is 1.21 bits per heavy atom. The Balaban J connectivity index is 1.72. The van der Waals surface area contributed by atoms with Crippen molar-refractivity contribution in [3.63, 3.8) is 0 Å². The minimum atomic E-state index is -4.59. The number of furan rings is 1. The van der Waals surface area contributed by atoms with Gasteiger partial charge in [0.25, 0.3) is 21.8 Å². The molecule has 1 aromatic carbocycles. The molecular formula is C26H28F2N4O6S. The van der Waals surface area contributed by atoms with E-state index in [1.165, 1.54) is 30.5 Å². The smallest absolute Gasteiger partial charge is 0.287 e. The molecule has 39 heavy (non-hydrogen) atoms. The van der Waals surface area contributed by atoms with Gasteiger partial charge < -0.3 is 15.1 Å². The summed E-state index contributed by atoms with van der Waals surface area (Å²) in [4.78, 5) is 44.0. The maximum Gasteiger partial charge on any atom is 0.287 e. The van der Waals surface area contributed by atoms with Crippen LogP contribution in [0.15, 0.2) is 52.0 Å². The minimum absolute atomic E-state index is 0.0292. The van der Waals surface area contributed by atoms with Crippen LogP contribution in [0.3, 0.4) is 0 Å². The topological polar surface area (TPSA) is 139 Å². The zero-order chi connectivity index (χ0) is 28.3. The molecule has 4 rings (SSSR count). The van der Waals surface area contributed by atoms with Crippen LogP contribution < -0.4 is 10.6 Å². The first-order chi connectivity index (χ1) is 18.5. The van der Waals surface area contributed by atoms with Crippen molar-refractivity contribution in [1.29, 1.82) is 0 Å². The van der Waals surface area contributed by atoms with Crippen molar-refractivity contribution in [1.82, 2.24) is 19.9 Å². The first kappa shape index (κ1) is 28.3. The van der Waals surface area contributed by atoms with Crippen molar-refractivity contribution >= 4 is 38.6 Å². The van der Waals surface area contributed by atoms with Gasteiger partial charge in [0.05, 0.1) is 6.54 Å². The molecule has 208 valence electrons. The number of hydrogen-bond acceptors (Lipinski definition) is 8. The fourth-order valence-corrected chi connectivity index (χ4v) is 5.99. The zero-order valence-electron chi connectivity index (χ0n) is 21.3. The number of nitrogens with one attached hydrogen (secondary N) is 2. The molecule has 0 aliphatic carbocycles. The SMILES string of the molecule is CC(C)CC(NC(=O)c1cc2cc(F)c(F)cc2o1)C(=O)N([C@H]1CCCNCC1=O)S(=O)(=O)c1ccccn1. The molecule has 0 saturated carbocycles. The summed E-state index contributed by atoms with van der Waals surface area (Å²) in [5.74, 6) is -5.17. The summed E-state index contributed by atoms with van der Waals surface area (Å²) in [6.45, 7) is 3.89. The molecule has 1 aliphatic heterocycles. The molecule has 3 heterocycles. The van der Waals surface area contributed by atoms with Gasteiger partial charge in [-0.15, -0.1) is 0 Å². The monoisotopic (exact) mass is 562 g/mol. The summed E-state index contributed by atoms with van der Waals surface area (Å²) in [6, 6.07) is 4.35. The molecule has 1 aliphatic rings. The highest BCUT2D eigenvalue weighted by Gasteiger charge is 2.43. The Bertz CT molecular complexity index is 1450. The molecule has 1 saturated heterocycles. The Kier molecular flexibility index (Phi) is 8.40. The van der Waals surface area contributed by atoms with E-state index >= 15 is 0 Å². The molecular weight excluding hydrogens is 534 g/mol. The van der Waals surface area contributed by atoms with Gasteiger partial charge in [0.2, 0.25) is 0 Å². The third kappa shape index (κ3) is 6.14. The Morgan fingerprint density at radius 2 is 1.95 bits per heavy atom. The average Bonchev–Trinajstić information content (AvgIpc) is 3.18. The molecule has 3 aromatic rings. The lowest BCUT2D eigenvalue weighted by Gasteiger charge is -2.32. The van der Waals surface area contributed by atoms with Crippen LogP contribution in [-0.2, 0) is 19.6 Å². The molecule has 2 amide bonds. The van der Waals surface area contributed by atoms with Crippen molar-refractivity contribution < 1.29 is 36.0 Å². The van der Waals surface area contributed by atoms with Crippen molar-refractivity contribution in [2.75, 3.05) is 13.1 Å². The van der Waals surface area contributed by atoms with Gasteiger partial charge in [-0.05, 0) is 56.0 Å². The summed E-state index contributed by atoms with van der Waals surface area (Å²) in [5, 5.41) is 5.13. The number of Topliss-reactive ketones (excluding diaryl/α,β-unsaturated/α-hetero) is 1. The van der Waals surface area contributed by atoms with Crippen LogP contribution in [0.5, 0.6) is 0 Å². The largest absolute Gasteiger partial charge is 0.451 e. The number of halogens is 2. The van der Waals surface area contributed by atoms with E-state index in [0.29, 0.717) is 17.3 Å². The zero-order valence-corrected chi connectivity index (χ0v) is 22.1. The standard InChI is InChI=1S/C26H28F2N4O6S/c1-15(2)10-19(31-25(34)23-12-16-11-17(27)18(28)13-22(16)38-23)26(35)32(20-6-5-8-29-14-21(20)33)39(36,37)24-7-3-4-9-30-24/h3-4,7,9,11-13,15,19-20,29H,5-6,8,10,14H2,1-2H3,(H,31,34)/t19?,20-/m0/s1. The number of aromatic nitrogens is 1. The van der Waals surface area contributed by atoms with Crippen molar-refractivity contribution in [2.24, 2.45) is 5.92 Å². The minimum Gasteiger partial charge on any atom is -0.451 e. The number of sulfonamides is 1. The second-order valence-electron chi connectivity index (χ2n) is 9.68. The molecule has 0 radical (unpaired) electrons. The number of carbonyl (C=O) groups excluding carboxylic acids is 3. The summed E-state index contributed by atoms with van der Waals surface area (Å²) < 4.78 is 60.6. The predicted octanol–water partition coefficient (Wildman–Crippen LogP) is 2.79. The average molecular weight is 563 g/mol. The van der Waals surface area contributed by atoms with E-state index in [0.717, 1.165) is 12.1 Å². The summed E-state index contributed by atoms with van der Waals surface area (Å²) in [7, 11) is -4.59. The van der Waals surface area contributed by atoms with Gasteiger partial charge in [-0.2, -0.15) is 8.42 Å². The first-order valence-electron chi connectivity index (χ1n) is 12.4. The molecule has 10 nitrogen and oxygen atoms in total. The Labute approximate surface area is 223 Å². The lowest BCUT2D eigenvalue weighted by atomic mass is 10.0. The van der Waals surface area contributed by atoms with E-state index < -0.39 is 56.4 Å². The van der Waals surface area contributed by atoms with Gasteiger partial charge in [-0.3, -0.25) is 14.4 Å². The molecule has 1 fully saturated rings. The number of pyridine rings is 1. The number of nitrogens with zero attached hydrogens (tertiary/aromatic N) is 2. The molecule has 13 heteroatoms. The van der Waals surface area contributed by atoms with Gasteiger partial charge in [-0.25, -0.2) is 18.1 Å². The van der Waals surface area contributed by atoms with Crippen LogP contribution in [0.4, 0.5) is 8.78 Å². The number of rotatable bonds is 8. The fraction of sp³-hybridized carbons (Fsp3) is 0.385. The number of benzene rings is 1. The lowest BCUT2D eigenvalue weighted by Crippen LogP contribution is -2.56. The van der Waals surface area contributed by atoms with Crippen molar-refractivity contribution in [3.8, 4) is 0 Å². The van der Waals surface area contributed by atoms with Crippen molar-refractivity contribution in [3.05, 3.63) is 60.0 Å². The maximum atomic E-state index is 14.0. The van der Waals surface area contributed by atoms with Gasteiger partial charge in [-0.1, -0.05) is 19.9 Å². The number of amides is 2. The number of hydrogen-bond donors (Lipinski definition) is 2. The normalized spacial score (nSPS) is 17.2. The second kappa shape index (κ2) is 11.6. The molecule has 2 N–H and O–H groups in total. The third-order valence-corrected chi connectivity index (χ3v) is 7.98. The predicted molar refractivity (Wildman–Crippen MR) is 136 cm³/mol. The Hall–Kier alpha value is -3.71. The highest BCUT2D eigenvalue weighted by Crippen LogP contribution is 2.25. The molecule has 2 atom stereocenters. The van der Waals surface area contributed by atoms with Crippen LogP contribution in [0.2, 0.25) is 0 Å². The van der Waals surface area contributed by atoms with E-state index in [-0.39, 0.29) is 42.0 Å². The third-order valence-electron chi connectivity index (χ3n) is 6.26. The highest BCUT2D eigenvalue weighted by molar-refractivity contribution is 7.89. The van der Waals surface area contributed by atoms with Gasteiger partial charge in [0.15, 0.2) is 28.2 Å². The van der Waals surface area contributed by atoms with E-state index in [1.807, 2.05) is 0 Å². The van der Waals surface area contributed by atoms with Gasteiger partial charge >= 0.3 is 0 Å². The summed E-state index contributed by atoms with van der Waals surface area (Å²) in [5.41, 5.74) is -0.0818. The van der Waals surface area contributed by atoms with Crippen LogP contribution in [0, 0.1) is 17.6 Å². The number of carbonyl (C=O) groups is 3. The van der Waals surface area contributed by atoms with E-state index in [1.54, 1.807) is 13.8 Å². The summed E-state index contributed by atoms with van der Waals surface area (Å²) >= 11 is 0. The highest BCUT2D eigenvalue weighted by atomic mass is 32.2. The van der Waals surface area contributed by atoms with Crippen LogP contribution in [-0.4, -0.2) is 60.5 Å². The van der Waals surface area contributed by atoms with E-state index in [9.17, 15) is 31.6 Å². The van der Waals surface area contributed by atoms with Gasteiger partial charge in [0.1, 0.15) is 17.7 Å². The number of fused-ring (bicyclic) bond motifs is 1.